The zero-order valence-electron chi connectivity index (χ0n) is 12.0. The number of aliphatic hydroxyl groups is 1. The predicted molar refractivity (Wildman–Crippen MR) is 85.4 cm³/mol. The normalized spacial score (nSPS) is 18.9. The van der Waals surface area contributed by atoms with Crippen molar-refractivity contribution in [1.82, 2.24) is 4.90 Å². The minimum atomic E-state index is -0.0660. The van der Waals surface area contributed by atoms with Gasteiger partial charge >= 0.3 is 0 Å². The van der Waals surface area contributed by atoms with E-state index in [0.29, 0.717) is 22.8 Å². The number of hydrogen-bond donors (Lipinski definition) is 3. The molecule has 1 aliphatic heterocycles. The summed E-state index contributed by atoms with van der Waals surface area (Å²) in [6.45, 7) is 2.04. The number of anilines is 2. The highest BCUT2D eigenvalue weighted by atomic mass is 35.5. The summed E-state index contributed by atoms with van der Waals surface area (Å²) < 4.78 is 0. The molecule has 1 heterocycles. The molecule has 1 saturated heterocycles. The second kappa shape index (κ2) is 7.64. The van der Waals surface area contributed by atoms with Gasteiger partial charge < -0.3 is 16.2 Å². The van der Waals surface area contributed by atoms with E-state index in [1.807, 2.05) is 0 Å². The van der Waals surface area contributed by atoms with Gasteiger partial charge in [-0.2, -0.15) is 0 Å². The van der Waals surface area contributed by atoms with E-state index < -0.39 is 0 Å². The van der Waals surface area contributed by atoms with E-state index in [-0.39, 0.29) is 18.6 Å². The van der Waals surface area contributed by atoms with Gasteiger partial charge in [-0.15, -0.1) is 0 Å². The van der Waals surface area contributed by atoms with Crippen molar-refractivity contribution in [1.29, 1.82) is 0 Å². The Balaban J connectivity index is 1.76. The Hall–Kier alpha value is -1.30. The molecule has 0 aliphatic carbocycles. The third-order valence-corrected chi connectivity index (χ3v) is 4.08. The molecule has 0 bridgehead atoms. The largest absolute Gasteiger partial charge is 0.397 e. The minimum Gasteiger partial charge on any atom is -0.397 e. The fourth-order valence-electron chi connectivity index (χ4n) is 2.69. The Bertz CT molecular complexity index is 496. The first-order valence-electron chi connectivity index (χ1n) is 7.30. The molecule has 1 amide bonds. The Kier molecular flexibility index (Phi) is 5.85. The SMILES string of the molecule is Nc1ccc(Cl)cc1NC(=O)CCCN1CCCC1CO. The highest BCUT2D eigenvalue weighted by molar-refractivity contribution is 6.31. The van der Waals surface area contributed by atoms with E-state index in [1.165, 1.54) is 0 Å². The molecule has 1 fully saturated rings. The fraction of sp³-hybridized carbons (Fsp3) is 0.533. The van der Waals surface area contributed by atoms with Gasteiger partial charge in [-0.05, 0) is 50.6 Å². The lowest BCUT2D eigenvalue weighted by molar-refractivity contribution is -0.116. The van der Waals surface area contributed by atoms with E-state index in [2.05, 4.69) is 10.2 Å². The van der Waals surface area contributed by atoms with E-state index in [0.717, 1.165) is 32.4 Å². The molecule has 21 heavy (non-hydrogen) atoms. The van der Waals surface area contributed by atoms with Crippen LogP contribution in [0.2, 0.25) is 5.02 Å². The number of carbonyl (C=O) groups is 1. The Morgan fingerprint density at radius 3 is 3.10 bits per heavy atom. The lowest BCUT2D eigenvalue weighted by atomic mass is 10.2. The monoisotopic (exact) mass is 311 g/mol. The summed E-state index contributed by atoms with van der Waals surface area (Å²) in [5, 5.41) is 12.6. The van der Waals surface area contributed by atoms with Gasteiger partial charge in [0.1, 0.15) is 0 Å². The Labute approximate surface area is 130 Å². The first-order valence-corrected chi connectivity index (χ1v) is 7.67. The molecule has 0 saturated carbocycles. The summed E-state index contributed by atoms with van der Waals surface area (Å²) in [5.74, 6) is -0.0660. The number of amides is 1. The number of aliphatic hydroxyl groups excluding tert-OH is 1. The number of nitrogen functional groups attached to an aromatic ring is 1. The molecule has 0 radical (unpaired) electrons. The zero-order valence-corrected chi connectivity index (χ0v) is 12.8. The minimum absolute atomic E-state index is 0.0660. The number of rotatable bonds is 6. The van der Waals surface area contributed by atoms with Crippen molar-refractivity contribution in [2.24, 2.45) is 0 Å². The van der Waals surface area contributed by atoms with Crippen LogP contribution < -0.4 is 11.1 Å². The smallest absolute Gasteiger partial charge is 0.224 e. The van der Waals surface area contributed by atoms with Gasteiger partial charge in [0.25, 0.3) is 0 Å². The molecule has 1 unspecified atom stereocenters. The van der Waals surface area contributed by atoms with Crippen LogP contribution in [-0.4, -0.2) is 41.7 Å². The zero-order chi connectivity index (χ0) is 15.2. The maximum Gasteiger partial charge on any atom is 0.224 e. The van der Waals surface area contributed by atoms with Crippen molar-refractivity contribution in [3.8, 4) is 0 Å². The van der Waals surface area contributed by atoms with Crippen molar-refractivity contribution >= 4 is 28.9 Å². The van der Waals surface area contributed by atoms with Gasteiger partial charge in [0.15, 0.2) is 0 Å². The number of nitrogens with two attached hydrogens (primary N) is 1. The molecule has 6 heteroatoms. The van der Waals surface area contributed by atoms with Gasteiger partial charge in [0, 0.05) is 17.5 Å². The molecule has 2 rings (SSSR count). The molecule has 5 nitrogen and oxygen atoms in total. The number of hydrogen-bond acceptors (Lipinski definition) is 4. The highest BCUT2D eigenvalue weighted by Gasteiger charge is 2.23. The van der Waals surface area contributed by atoms with E-state index >= 15 is 0 Å². The molecule has 116 valence electrons. The van der Waals surface area contributed by atoms with Crippen molar-refractivity contribution in [3.05, 3.63) is 23.2 Å². The first-order chi connectivity index (χ1) is 10.1. The number of halogens is 1. The predicted octanol–water partition coefficient (Wildman–Crippen LogP) is 2.10. The third-order valence-electron chi connectivity index (χ3n) is 3.85. The molecule has 4 N–H and O–H groups in total. The molecule has 0 aromatic heterocycles. The van der Waals surface area contributed by atoms with Crippen molar-refractivity contribution in [3.63, 3.8) is 0 Å². The lowest BCUT2D eigenvalue weighted by Gasteiger charge is -2.22. The van der Waals surface area contributed by atoms with E-state index in [9.17, 15) is 9.90 Å². The number of benzene rings is 1. The van der Waals surface area contributed by atoms with Crippen LogP contribution in [0.4, 0.5) is 11.4 Å². The van der Waals surface area contributed by atoms with Crippen LogP contribution in [0.15, 0.2) is 18.2 Å². The maximum absolute atomic E-state index is 11.9. The van der Waals surface area contributed by atoms with Crippen LogP contribution in [-0.2, 0) is 4.79 Å². The summed E-state index contributed by atoms with van der Waals surface area (Å²) in [5.41, 5.74) is 6.86. The van der Waals surface area contributed by atoms with Crippen LogP contribution >= 0.6 is 11.6 Å². The molecule has 1 aromatic rings. The van der Waals surface area contributed by atoms with Crippen molar-refractivity contribution < 1.29 is 9.90 Å². The van der Waals surface area contributed by atoms with Crippen molar-refractivity contribution in [2.45, 2.75) is 31.7 Å². The number of nitrogens with one attached hydrogen (secondary N) is 1. The number of likely N-dealkylation sites (tertiary alicyclic amines) is 1. The quantitative estimate of drug-likeness (QED) is 0.703. The molecule has 1 aliphatic rings. The summed E-state index contributed by atoms with van der Waals surface area (Å²) in [4.78, 5) is 14.2. The fourth-order valence-corrected chi connectivity index (χ4v) is 2.86. The Morgan fingerprint density at radius 1 is 1.52 bits per heavy atom. The van der Waals surface area contributed by atoms with Gasteiger partial charge in [0.2, 0.25) is 5.91 Å². The van der Waals surface area contributed by atoms with E-state index in [4.69, 9.17) is 17.3 Å². The summed E-state index contributed by atoms with van der Waals surface area (Å²) in [6.07, 6.45) is 3.36. The van der Waals surface area contributed by atoms with Crippen LogP contribution in [0.1, 0.15) is 25.7 Å². The average Bonchev–Trinajstić information content (AvgIpc) is 2.90. The van der Waals surface area contributed by atoms with Crippen LogP contribution in [0.5, 0.6) is 0 Å². The first kappa shape index (κ1) is 16.1. The summed E-state index contributed by atoms with van der Waals surface area (Å²) in [7, 11) is 0. The lowest BCUT2D eigenvalue weighted by Crippen LogP contribution is -2.33. The second-order valence-electron chi connectivity index (χ2n) is 5.40. The molecule has 1 aromatic carbocycles. The molecular formula is C15H22ClN3O2. The third kappa shape index (κ3) is 4.59. The molecular weight excluding hydrogens is 290 g/mol. The number of carbonyl (C=O) groups excluding carboxylic acids is 1. The summed E-state index contributed by atoms with van der Waals surface area (Å²) >= 11 is 5.89. The van der Waals surface area contributed by atoms with Crippen LogP contribution in [0.3, 0.4) is 0 Å². The van der Waals surface area contributed by atoms with Crippen LogP contribution in [0.25, 0.3) is 0 Å². The van der Waals surface area contributed by atoms with E-state index in [1.54, 1.807) is 18.2 Å². The maximum atomic E-state index is 11.9. The average molecular weight is 312 g/mol. The van der Waals surface area contributed by atoms with Gasteiger partial charge in [-0.1, -0.05) is 11.6 Å². The van der Waals surface area contributed by atoms with Crippen molar-refractivity contribution in [2.75, 3.05) is 30.7 Å². The second-order valence-corrected chi connectivity index (χ2v) is 5.83. The molecule has 1 atom stereocenters. The highest BCUT2D eigenvalue weighted by Crippen LogP contribution is 2.23. The van der Waals surface area contributed by atoms with Gasteiger partial charge in [0.05, 0.1) is 18.0 Å². The number of nitrogens with zero attached hydrogens (tertiary/aromatic N) is 1. The van der Waals surface area contributed by atoms with Gasteiger partial charge in [-0.3, -0.25) is 9.69 Å². The summed E-state index contributed by atoms with van der Waals surface area (Å²) in [6, 6.07) is 5.27. The topological polar surface area (TPSA) is 78.6 Å². The van der Waals surface area contributed by atoms with Gasteiger partial charge in [-0.25, -0.2) is 0 Å². The Morgan fingerprint density at radius 2 is 2.33 bits per heavy atom. The molecule has 0 spiro atoms. The van der Waals surface area contributed by atoms with Crippen LogP contribution in [0, 0.1) is 0 Å². The standard InChI is InChI=1S/C15H22ClN3O2/c16-11-5-6-13(17)14(9-11)18-15(21)4-2-8-19-7-1-3-12(19)10-20/h5-6,9,12,20H,1-4,7-8,10,17H2,(H,18,21).